The second-order valence-corrected chi connectivity index (χ2v) is 6.17. The Balaban J connectivity index is 1.54. The molecule has 0 radical (unpaired) electrons. The van der Waals surface area contributed by atoms with Gasteiger partial charge in [-0.15, -0.1) is 0 Å². The van der Waals surface area contributed by atoms with Crippen molar-refractivity contribution in [2.45, 2.75) is 12.8 Å². The van der Waals surface area contributed by atoms with Crippen molar-refractivity contribution >= 4 is 29.1 Å². The lowest BCUT2D eigenvalue weighted by atomic mass is 10.3. The largest absolute Gasteiger partial charge is 0.492 e. The van der Waals surface area contributed by atoms with Crippen molar-refractivity contribution in [3.8, 4) is 5.75 Å². The highest BCUT2D eigenvalue weighted by Gasteiger charge is 2.10. The Morgan fingerprint density at radius 1 is 1.30 bits per heavy atom. The quantitative estimate of drug-likeness (QED) is 0.724. The maximum absolute atomic E-state index is 11.8. The molecule has 1 aromatic carbocycles. The average molecular weight is 361 g/mol. The van der Waals surface area contributed by atoms with E-state index in [2.05, 4.69) is 10.2 Å². The maximum atomic E-state index is 11.8. The Labute approximate surface area is 146 Å². The van der Waals surface area contributed by atoms with E-state index in [-0.39, 0.29) is 5.91 Å². The van der Waals surface area contributed by atoms with Gasteiger partial charge in [-0.3, -0.25) is 9.69 Å². The van der Waals surface area contributed by atoms with Gasteiger partial charge in [0.2, 0.25) is 5.91 Å². The molecular weight excluding hydrogens is 339 g/mol. The minimum absolute atomic E-state index is 0.0454. The molecular formula is C16H22Cl2N2O3. The second-order valence-electron chi connectivity index (χ2n) is 5.33. The molecule has 1 aromatic rings. The number of nitrogens with zero attached hydrogens (tertiary/aromatic N) is 1. The highest BCUT2D eigenvalue weighted by atomic mass is 35.5. The molecule has 0 aliphatic carbocycles. The van der Waals surface area contributed by atoms with Gasteiger partial charge < -0.3 is 14.8 Å². The Bertz CT molecular complexity index is 508. The third-order valence-corrected chi connectivity index (χ3v) is 4.08. The minimum atomic E-state index is 0.0454. The summed E-state index contributed by atoms with van der Waals surface area (Å²) in [4.78, 5) is 14.0. The van der Waals surface area contributed by atoms with Crippen LogP contribution in [0.2, 0.25) is 10.0 Å². The third kappa shape index (κ3) is 6.96. The van der Waals surface area contributed by atoms with E-state index < -0.39 is 0 Å². The van der Waals surface area contributed by atoms with Crippen molar-refractivity contribution in [3.05, 3.63) is 28.2 Å². The van der Waals surface area contributed by atoms with E-state index in [1.54, 1.807) is 18.2 Å². The number of benzene rings is 1. The molecule has 1 N–H and O–H groups in total. The van der Waals surface area contributed by atoms with Crippen LogP contribution < -0.4 is 10.1 Å². The molecule has 1 fully saturated rings. The number of carbonyl (C=O) groups is 1. The molecule has 23 heavy (non-hydrogen) atoms. The molecule has 1 aliphatic rings. The Morgan fingerprint density at radius 2 is 2.09 bits per heavy atom. The van der Waals surface area contributed by atoms with E-state index >= 15 is 0 Å². The summed E-state index contributed by atoms with van der Waals surface area (Å²) < 4.78 is 10.8. The fraction of sp³-hybridized carbons (Fsp3) is 0.562. The van der Waals surface area contributed by atoms with Gasteiger partial charge in [-0.1, -0.05) is 23.2 Å². The summed E-state index contributed by atoms with van der Waals surface area (Å²) in [5.74, 6) is 0.632. The summed E-state index contributed by atoms with van der Waals surface area (Å²) >= 11 is 11.8. The molecule has 2 rings (SSSR count). The lowest BCUT2D eigenvalue weighted by molar-refractivity contribution is -0.121. The molecule has 1 saturated heterocycles. The van der Waals surface area contributed by atoms with Gasteiger partial charge in [0.05, 0.1) is 24.8 Å². The number of nitrogens with one attached hydrogen (secondary N) is 1. The van der Waals surface area contributed by atoms with Crippen molar-refractivity contribution in [3.63, 3.8) is 0 Å². The van der Waals surface area contributed by atoms with Crippen molar-refractivity contribution < 1.29 is 14.3 Å². The Kier molecular flexibility index (Phi) is 7.95. The third-order valence-electron chi connectivity index (χ3n) is 3.55. The monoisotopic (exact) mass is 360 g/mol. The number of hydrogen-bond acceptors (Lipinski definition) is 4. The van der Waals surface area contributed by atoms with Crippen LogP contribution in [-0.2, 0) is 9.53 Å². The van der Waals surface area contributed by atoms with Gasteiger partial charge in [-0.05, 0) is 24.6 Å². The van der Waals surface area contributed by atoms with E-state index in [1.807, 2.05) is 0 Å². The normalized spacial score (nSPS) is 15.4. The summed E-state index contributed by atoms with van der Waals surface area (Å²) in [7, 11) is 0. The first-order chi connectivity index (χ1) is 11.1. The van der Waals surface area contributed by atoms with Crippen LogP contribution in [0.15, 0.2) is 18.2 Å². The van der Waals surface area contributed by atoms with Crippen LogP contribution in [0.1, 0.15) is 12.8 Å². The SMILES string of the molecule is O=C(CCCOc1ccc(Cl)cc1Cl)NCCN1CCOCC1. The first-order valence-corrected chi connectivity index (χ1v) is 8.55. The predicted molar refractivity (Wildman–Crippen MR) is 91.5 cm³/mol. The van der Waals surface area contributed by atoms with Gasteiger partial charge in [0.15, 0.2) is 0 Å². The van der Waals surface area contributed by atoms with E-state index in [0.717, 1.165) is 32.8 Å². The van der Waals surface area contributed by atoms with Crippen LogP contribution in [0.25, 0.3) is 0 Å². The van der Waals surface area contributed by atoms with E-state index in [0.29, 0.717) is 41.8 Å². The van der Waals surface area contributed by atoms with Gasteiger partial charge in [-0.25, -0.2) is 0 Å². The predicted octanol–water partition coefficient (Wildman–Crippen LogP) is 2.60. The fourth-order valence-electron chi connectivity index (χ4n) is 2.27. The number of hydrogen-bond donors (Lipinski definition) is 1. The van der Waals surface area contributed by atoms with E-state index in [1.165, 1.54) is 0 Å². The zero-order chi connectivity index (χ0) is 16.5. The number of rotatable bonds is 8. The van der Waals surface area contributed by atoms with Crippen LogP contribution in [0, 0.1) is 0 Å². The lowest BCUT2D eigenvalue weighted by Gasteiger charge is -2.26. The Hall–Kier alpha value is -1.01. The number of halogens is 2. The van der Waals surface area contributed by atoms with Crippen molar-refractivity contribution in [2.24, 2.45) is 0 Å². The summed E-state index contributed by atoms with van der Waals surface area (Å²) in [5, 5.41) is 3.98. The molecule has 0 saturated carbocycles. The molecule has 0 unspecified atom stereocenters. The molecule has 1 aliphatic heterocycles. The van der Waals surface area contributed by atoms with Crippen LogP contribution >= 0.6 is 23.2 Å². The van der Waals surface area contributed by atoms with Gasteiger partial charge in [0.25, 0.3) is 0 Å². The molecule has 1 amide bonds. The number of carbonyl (C=O) groups excluding carboxylic acids is 1. The van der Waals surface area contributed by atoms with E-state index in [4.69, 9.17) is 32.7 Å². The average Bonchev–Trinajstić information content (AvgIpc) is 2.54. The van der Waals surface area contributed by atoms with Crippen LogP contribution in [0.5, 0.6) is 5.75 Å². The molecule has 5 nitrogen and oxygen atoms in total. The second kappa shape index (κ2) is 9.98. The fourth-order valence-corrected chi connectivity index (χ4v) is 2.74. The first kappa shape index (κ1) is 18.3. The number of ether oxygens (including phenoxy) is 2. The van der Waals surface area contributed by atoms with Gasteiger partial charge in [0, 0.05) is 37.6 Å². The highest BCUT2D eigenvalue weighted by Crippen LogP contribution is 2.27. The molecule has 1 heterocycles. The zero-order valence-electron chi connectivity index (χ0n) is 13.0. The summed E-state index contributed by atoms with van der Waals surface area (Å²) in [6, 6.07) is 5.09. The number of morpholine rings is 1. The van der Waals surface area contributed by atoms with E-state index in [9.17, 15) is 4.79 Å². The molecule has 0 bridgehead atoms. The number of amides is 1. The zero-order valence-corrected chi connectivity index (χ0v) is 14.5. The maximum Gasteiger partial charge on any atom is 0.220 e. The topological polar surface area (TPSA) is 50.8 Å². The Morgan fingerprint density at radius 3 is 2.83 bits per heavy atom. The van der Waals surface area contributed by atoms with Gasteiger partial charge in [-0.2, -0.15) is 0 Å². The van der Waals surface area contributed by atoms with Gasteiger partial charge in [0.1, 0.15) is 5.75 Å². The summed E-state index contributed by atoms with van der Waals surface area (Å²) in [5.41, 5.74) is 0. The van der Waals surface area contributed by atoms with Crippen LogP contribution in [0.3, 0.4) is 0 Å². The lowest BCUT2D eigenvalue weighted by Crippen LogP contribution is -2.41. The first-order valence-electron chi connectivity index (χ1n) is 7.80. The van der Waals surface area contributed by atoms with Gasteiger partial charge >= 0.3 is 0 Å². The molecule has 7 heteroatoms. The van der Waals surface area contributed by atoms with Crippen molar-refractivity contribution in [1.82, 2.24) is 10.2 Å². The van der Waals surface area contributed by atoms with Crippen LogP contribution in [0.4, 0.5) is 0 Å². The molecule has 128 valence electrons. The standard InChI is InChI=1S/C16H22Cl2N2O3/c17-13-3-4-15(14(18)12-13)23-9-1-2-16(21)19-5-6-20-7-10-22-11-8-20/h3-4,12H,1-2,5-11H2,(H,19,21). The van der Waals surface area contributed by atoms with Crippen LogP contribution in [-0.4, -0.2) is 56.8 Å². The highest BCUT2D eigenvalue weighted by molar-refractivity contribution is 6.35. The molecule has 0 spiro atoms. The van der Waals surface area contributed by atoms with Crippen molar-refractivity contribution in [1.29, 1.82) is 0 Å². The molecule has 0 aromatic heterocycles. The summed E-state index contributed by atoms with van der Waals surface area (Å²) in [6.45, 7) is 5.40. The van der Waals surface area contributed by atoms with Crippen molar-refractivity contribution in [2.75, 3.05) is 46.0 Å². The summed E-state index contributed by atoms with van der Waals surface area (Å²) in [6.07, 6.45) is 1.08. The minimum Gasteiger partial charge on any atom is -0.492 e. The smallest absolute Gasteiger partial charge is 0.220 e. The molecule has 0 atom stereocenters.